The molecule has 32 heavy (non-hydrogen) atoms. The number of aryl methyl sites for hydroxylation is 1. The van der Waals surface area contributed by atoms with Crippen molar-refractivity contribution in [1.82, 2.24) is 19.9 Å². The molecule has 0 atom stereocenters. The fourth-order valence-corrected chi connectivity index (χ4v) is 4.76. The molecule has 3 aromatic carbocycles. The molecule has 0 saturated carbocycles. The highest BCUT2D eigenvalue weighted by Crippen LogP contribution is 2.20. The second-order valence-electron chi connectivity index (χ2n) is 8.31. The molecule has 1 amide bonds. The molecule has 1 N–H and O–H groups in total. The fraction of sp³-hybridized carbons (Fsp3) is 0.269. The summed E-state index contributed by atoms with van der Waals surface area (Å²) in [6, 6.07) is 27.4. The van der Waals surface area contributed by atoms with Gasteiger partial charge in [-0.25, -0.2) is 4.68 Å². The average Bonchev–Trinajstić information content (AvgIpc) is 3.28. The first-order valence-corrected chi connectivity index (χ1v) is 11.3. The lowest BCUT2D eigenvalue weighted by atomic mass is 9.96. The number of carbonyl (C=O) groups excluding carboxylic acids is 1. The number of hydrogen-bond acceptors (Lipinski definition) is 3. The molecule has 0 unspecified atom stereocenters. The van der Waals surface area contributed by atoms with Crippen LogP contribution in [0.25, 0.3) is 11.0 Å². The maximum Gasteiger partial charge on any atom is 0.254 e. The highest BCUT2D eigenvalue weighted by Gasteiger charge is 2.31. The van der Waals surface area contributed by atoms with Crippen molar-refractivity contribution in [3.8, 4) is 0 Å². The number of piperazine rings is 1. The van der Waals surface area contributed by atoms with Gasteiger partial charge < -0.3 is 9.80 Å². The third-order valence-electron chi connectivity index (χ3n) is 6.43. The van der Waals surface area contributed by atoms with Gasteiger partial charge in [0.15, 0.2) is 0 Å². The van der Waals surface area contributed by atoms with Crippen LogP contribution in [0.1, 0.15) is 34.5 Å². The second-order valence-corrected chi connectivity index (χ2v) is 8.31. The summed E-state index contributed by atoms with van der Waals surface area (Å²) in [5, 5.41) is 8.37. The Kier molecular flexibility index (Phi) is 5.69. The molecule has 0 radical (unpaired) electrons. The molecule has 0 spiro atoms. The number of fused-ring (bicyclic) bond motifs is 1. The average molecular weight is 427 g/mol. The van der Waals surface area contributed by atoms with Gasteiger partial charge in [0, 0.05) is 23.2 Å². The van der Waals surface area contributed by atoms with E-state index >= 15 is 0 Å². The first-order valence-electron chi connectivity index (χ1n) is 11.3. The Morgan fingerprint density at radius 2 is 1.56 bits per heavy atom. The van der Waals surface area contributed by atoms with Gasteiger partial charge in [-0.1, -0.05) is 65.9 Å². The number of hydrogen-bond donors (Lipinski definition) is 1. The Morgan fingerprint density at radius 3 is 2.16 bits per heavy atom. The summed E-state index contributed by atoms with van der Waals surface area (Å²) in [5.41, 5.74) is 5.06. The summed E-state index contributed by atoms with van der Waals surface area (Å²) in [4.78, 5) is 16.7. The smallest absolute Gasteiger partial charge is 0.254 e. The summed E-state index contributed by atoms with van der Waals surface area (Å²) in [6.45, 7) is 6.10. The Labute approximate surface area is 188 Å². The fourth-order valence-electron chi connectivity index (χ4n) is 4.76. The summed E-state index contributed by atoms with van der Waals surface area (Å²) in [5.74, 6) is 0.0768. The lowest BCUT2D eigenvalue weighted by molar-refractivity contribution is -0.929. The SMILES string of the molecule is CCn1nnc2cc(C(=O)N3CC[NH+](C(c4ccccc4)c4ccccc4)CC3)ccc21. The van der Waals surface area contributed by atoms with E-state index in [1.807, 2.05) is 34.7 Å². The number of carbonyl (C=O) groups is 1. The van der Waals surface area contributed by atoms with Crippen molar-refractivity contribution < 1.29 is 9.69 Å². The normalized spacial score (nSPS) is 14.9. The van der Waals surface area contributed by atoms with Crippen molar-refractivity contribution in [1.29, 1.82) is 0 Å². The minimum atomic E-state index is 0.0768. The maximum absolute atomic E-state index is 13.2. The predicted molar refractivity (Wildman–Crippen MR) is 125 cm³/mol. The molecule has 1 aromatic heterocycles. The van der Waals surface area contributed by atoms with Crippen molar-refractivity contribution in [2.45, 2.75) is 19.5 Å². The zero-order valence-corrected chi connectivity index (χ0v) is 18.3. The van der Waals surface area contributed by atoms with E-state index in [0.29, 0.717) is 5.56 Å². The van der Waals surface area contributed by atoms with Crippen LogP contribution >= 0.6 is 0 Å². The van der Waals surface area contributed by atoms with Crippen molar-refractivity contribution >= 4 is 16.9 Å². The molecule has 1 aliphatic heterocycles. The molecular weight excluding hydrogens is 398 g/mol. The lowest BCUT2D eigenvalue weighted by Crippen LogP contribution is -3.15. The van der Waals surface area contributed by atoms with Crippen LogP contribution in [0.4, 0.5) is 0 Å². The number of nitrogens with zero attached hydrogens (tertiary/aromatic N) is 4. The highest BCUT2D eigenvalue weighted by molar-refractivity contribution is 5.97. The van der Waals surface area contributed by atoms with Crippen LogP contribution in [0.3, 0.4) is 0 Å². The molecule has 0 bridgehead atoms. The zero-order valence-electron chi connectivity index (χ0n) is 18.3. The predicted octanol–water partition coefficient (Wildman–Crippen LogP) is 2.58. The zero-order chi connectivity index (χ0) is 21.9. The first-order chi connectivity index (χ1) is 15.7. The van der Waals surface area contributed by atoms with Gasteiger partial charge in [-0.15, -0.1) is 5.10 Å². The molecule has 2 heterocycles. The highest BCUT2D eigenvalue weighted by atomic mass is 16.2. The third-order valence-corrected chi connectivity index (χ3v) is 6.43. The molecule has 6 nitrogen and oxygen atoms in total. The van der Waals surface area contributed by atoms with Crippen molar-refractivity contribution in [2.75, 3.05) is 26.2 Å². The van der Waals surface area contributed by atoms with E-state index in [1.54, 1.807) is 0 Å². The molecule has 1 fully saturated rings. The topological polar surface area (TPSA) is 55.5 Å². The standard InChI is InChI=1S/C26H27N5O/c1-2-31-24-14-13-22(19-23(24)27-28-31)26(32)30-17-15-29(16-18-30)25(20-9-5-3-6-10-20)21-11-7-4-8-12-21/h3-14,19,25H,2,15-18H2,1H3/p+1. The number of amides is 1. The van der Waals surface area contributed by atoms with Gasteiger partial charge in [-0.05, 0) is 25.1 Å². The van der Waals surface area contributed by atoms with Crippen molar-refractivity contribution in [2.24, 2.45) is 0 Å². The molecule has 162 valence electrons. The molecular formula is C26H28N5O+. The van der Waals surface area contributed by atoms with Crippen molar-refractivity contribution in [3.05, 3.63) is 95.6 Å². The Balaban J connectivity index is 1.33. The van der Waals surface area contributed by atoms with Crippen LogP contribution in [0, 0.1) is 0 Å². The molecule has 0 aliphatic carbocycles. The molecule has 1 aliphatic rings. The summed E-state index contributed by atoms with van der Waals surface area (Å²) in [6.07, 6.45) is 0. The number of aromatic nitrogens is 3. The van der Waals surface area contributed by atoms with E-state index in [0.717, 1.165) is 43.8 Å². The monoisotopic (exact) mass is 426 g/mol. The quantitative estimate of drug-likeness (QED) is 0.534. The minimum Gasteiger partial charge on any atom is -0.327 e. The van der Waals surface area contributed by atoms with Gasteiger partial charge in [-0.3, -0.25) is 4.79 Å². The van der Waals surface area contributed by atoms with Crippen LogP contribution in [-0.4, -0.2) is 52.0 Å². The Hall–Kier alpha value is -3.51. The van der Waals surface area contributed by atoms with Gasteiger partial charge in [0.2, 0.25) is 0 Å². The maximum atomic E-state index is 13.2. The van der Waals surface area contributed by atoms with Gasteiger partial charge in [0.05, 0.1) is 31.7 Å². The van der Waals surface area contributed by atoms with Gasteiger partial charge >= 0.3 is 0 Å². The van der Waals surface area contributed by atoms with Crippen LogP contribution < -0.4 is 4.90 Å². The first kappa shape index (κ1) is 20.4. The second kappa shape index (κ2) is 8.93. The van der Waals surface area contributed by atoms with Crippen molar-refractivity contribution in [3.63, 3.8) is 0 Å². The molecule has 4 aromatic rings. The summed E-state index contributed by atoms with van der Waals surface area (Å²) >= 11 is 0. The third kappa shape index (κ3) is 3.89. The van der Waals surface area contributed by atoms with Gasteiger partial charge in [-0.2, -0.15) is 0 Å². The molecule has 5 rings (SSSR count). The number of rotatable bonds is 5. The van der Waals surface area contributed by atoms with Crippen LogP contribution in [0.2, 0.25) is 0 Å². The number of quaternary nitrogens is 1. The van der Waals surface area contributed by atoms with E-state index in [9.17, 15) is 4.79 Å². The number of benzene rings is 3. The van der Waals surface area contributed by atoms with E-state index in [1.165, 1.54) is 16.0 Å². The Morgan fingerprint density at radius 1 is 0.938 bits per heavy atom. The van der Waals surface area contributed by atoms with Crippen LogP contribution in [0.15, 0.2) is 78.9 Å². The van der Waals surface area contributed by atoms with E-state index in [-0.39, 0.29) is 11.9 Å². The van der Waals surface area contributed by atoms with Crippen LogP contribution in [0.5, 0.6) is 0 Å². The number of nitrogens with one attached hydrogen (secondary N) is 1. The van der Waals surface area contributed by atoms with E-state index in [4.69, 9.17) is 0 Å². The minimum absolute atomic E-state index is 0.0768. The molecule has 1 saturated heterocycles. The molecule has 6 heteroatoms. The van der Waals surface area contributed by atoms with Crippen LogP contribution in [-0.2, 0) is 6.54 Å². The van der Waals surface area contributed by atoms with E-state index in [2.05, 4.69) is 71.0 Å². The summed E-state index contributed by atoms with van der Waals surface area (Å²) in [7, 11) is 0. The lowest BCUT2D eigenvalue weighted by Gasteiger charge is -2.37. The largest absolute Gasteiger partial charge is 0.327 e. The Bertz CT molecular complexity index is 1160. The summed E-state index contributed by atoms with van der Waals surface area (Å²) < 4.78 is 1.85. The van der Waals surface area contributed by atoms with Gasteiger partial charge in [0.1, 0.15) is 11.6 Å². The van der Waals surface area contributed by atoms with Gasteiger partial charge in [0.25, 0.3) is 5.91 Å². The van der Waals surface area contributed by atoms with E-state index < -0.39 is 0 Å².